The van der Waals surface area contributed by atoms with Crippen molar-refractivity contribution in [3.05, 3.63) is 99.9 Å². The Balaban J connectivity index is 1.49. The lowest BCUT2D eigenvalue weighted by Crippen LogP contribution is -2.13. The second-order valence-corrected chi connectivity index (χ2v) is 7.81. The van der Waals surface area contributed by atoms with E-state index in [2.05, 4.69) is 10.3 Å². The molecule has 1 heterocycles. The van der Waals surface area contributed by atoms with Crippen LogP contribution in [0.3, 0.4) is 0 Å². The summed E-state index contributed by atoms with van der Waals surface area (Å²) in [5, 5.41) is 13.3. The number of hydrogen-bond acceptors (Lipinski definition) is 4. The fraction of sp³-hybridized carbons (Fsp3) is 0.0417. The van der Waals surface area contributed by atoms with Crippen LogP contribution in [0.4, 0.5) is 5.69 Å². The molecule has 32 heavy (non-hydrogen) atoms. The second kappa shape index (κ2) is 9.26. The number of hydrogen-bond donors (Lipinski definition) is 2. The third-order valence-electron chi connectivity index (χ3n) is 4.82. The Labute approximate surface area is 193 Å². The van der Waals surface area contributed by atoms with Crippen LogP contribution in [0.5, 0.6) is 0 Å². The molecule has 0 fully saturated rings. The molecule has 0 bridgehead atoms. The number of oxazole rings is 1. The summed E-state index contributed by atoms with van der Waals surface area (Å²) in [6.07, 6.45) is 4.32. The van der Waals surface area contributed by atoms with Gasteiger partial charge in [0.2, 0.25) is 5.91 Å². The summed E-state index contributed by atoms with van der Waals surface area (Å²) < 4.78 is 5.22. The lowest BCUT2D eigenvalue weighted by Gasteiger charge is -2.13. The van der Waals surface area contributed by atoms with Crippen LogP contribution in [0.25, 0.3) is 17.2 Å². The third-order valence-corrected chi connectivity index (χ3v) is 5.37. The van der Waals surface area contributed by atoms with Gasteiger partial charge in [0.1, 0.15) is 11.4 Å². The van der Waals surface area contributed by atoms with E-state index >= 15 is 0 Å². The van der Waals surface area contributed by atoms with Crippen LogP contribution in [0.2, 0.25) is 10.0 Å². The first-order chi connectivity index (χ1) is 15.4. The Hall–Kier alpha value is -3.61. The summed E-state index contributed by atoms with van der Waals surface area (Å²) in [6, 6.07) is 16.9. The molecule has 0 aliphatic heterocycles. The molecule has 1 aromatic heterocycles. The van der Waals surface area contributed by atoms with Crippen LogP contribution < -0.4 is 5.32 Å². The van der Waals surface area contributed by atoms with Crippen molar-refractivity contribution in [1.82, 2.24) is 4.98 Å². The van der Waals surface area contributed by atoms with Gasteiger partial charge >= 0.3 is 5.97 Å². The Morgan fingerprint density at radius 3 is 2.47 bits per heavy atom. The number of carbonyl (C=O) groups is 2. The molecule has 4 rings (SSSR count). The SMILES string of the molecule is O=C(C=Cc1ccc(C(C(=O)O)c2ccc3ocnc3c2)cc1)Nc1ccc(Cl)cc1Cl. The molecule has 1 atom stereocenters. The van der Waals surface area contributed by atoms with Crippen LogP contribution in [-0.4, -0.2) is 22.0 Å². The first kappa shape index (κ1) is 21.6. The molecule has 3 aromatic carbocycles. The van der Waals surface area contributed by atoms with Crippen molar-refractivity contribution < 1.29 is 19.1 Å². The molecular weight excluding hydrogens is 451 g/mol. The highest BCUT2D eigenvalue weighted by molar-refractivity contribution is 6.36. The number of benzene rings is 3. The number of carbonyl (C=O) groups excluding carboxylic acids is 1. The Kier molecular flexibility index (Phi) is 6.25. The minimum Gasteiger partial charge on any atom is -0.481 e. The number of aliphatic carboxylic acids is 1. The fourth-order valence-electron chi connectivity index (χ4n) is 3.27. The van der Waals surface area contributed by atoms with Gasteiger partial charge in [-0.1, -0.05) is 53.5 Å². The fourth-order valence-corrected chi connectivity index (χ4v) is 3.72. The predicted molar refractivity (Wildman–Crippen MR) is 124 cm³/mol. The van der Waals surface area contributed by atoms with Crippen LogP contribution in [0.1, 0.15) is 22.6 Å². The average Bonchev–Trinajstić information content (AvgIpc) is 3.23. The van der Waals surface area contributed by atoms with Crippen molar-refractivity contribution in [1.29, 1.82) is 0 Å². The van der Waals surface area contributed by atoms with E-state index in [4.69, 9.17) is 27.6 Å². The zero-order chi connectivity index (χ0) is 22.7. The van der Waals surface area contributed by atoms with E-state index in [0.29, 0.717) is 38.0 Å². The van der Waals surface area contributed by atoms with E-state index < -0.39 is 11.9 Å². The number of fused-ring (bicyclic) bond motifs is 1. The van der Waals surface area contributed by atoms with Crippen molar-refractivity contribution in [2.45, 2.75) is 5.92 Å². The van der Waals surface area contributed by atoms with Crippen molar-refractivity contribution in [3.63, 3.8) is 0 Å². The number of carboxylic acids is 1. The molecule has 0 saturated heterocycles. The van der Waals surface area contributed by atoms with Crippen molar-refractivity contribution in [2.24, 2.45) is 0 Å². The van der Waals surface area contributed by atoms with E-state index in [-0.39, 0.29) is 5.91 Å². The van der Waals surface area contributed by atoms with Crippen molar-refractivity contribution in [2.75, 3.05) is 5.32 Å². The molecule has 6 nitrogen and oxygen atoms in total. The summed E-state index contributed by atoms with van der Waals surface area (Å²) >= 11 is 11.9. The summed E-state index contributed by atoms with van der Waals surface area (Å²) in [5.41, 5.74) is 3.59. The minimum atomic E-state index is -0.977. The number of aromatic nitrogens is 1. The molecule has 1 unspecified atom stereocenters. The Bertz CT molecular complexity index is 1330. The smallest absolute Gasteiger partial charge is 0.315 e. The molecule has 8 heteroatoms. The predicted octanol–water partition coefficient (Wildman–Crippen LogP) is 6.00. The van der Waals surface area contributed by atoms with Crippen molar-refractivity contribution >= 4 is 57.9 Å². The number of halogens is 2. The van der Waals surface area contributed by atoms with Crippen LogP contribution >= 0.6 is 23.2 Å². The second-order valence-electron chi connectivity index (χ2n) is 6.96. The maximum atomic E-state index is 12.2. The van der Waals surface area contributed by atoms with Gasteiger partial charge in [-0.25, -0.2) is 4.98 Å². The molecule has 0 radical (unpaired) electrons. The van der Waals surface area contributed by atoms with E-state index in [0.717, 1.165) is 5.56 Å². The maximum absolute atomic E-state index is 12.2. The number of amides is 1. The monoisotopic (exact) mass is 466 g/mol. The lowest BCUT2D eigenvalue weighted by molar-refractivity contribution is -0.137. The van der Waals surface area contributed by atoms with Gasteiger partial charge in [-0.05, 0) is 53.1 Å². The summed E-state index contributed by atoms with van der Waals surface area (Å²) in [6.45, 7) is 0. The van der Waals surface area contributed by atoms with Gasteiger partial charge < -0.3 is 14.8 Å². The molecule has 4 aromatic rings. The maximum Gasteiger partial charge on any atom is 0.315 e. The molecule has 0 aliphatic rings. The number of nitrogens with zero attached hydrogens (tertiary/aromatic N) is 1. The highest BCUT2D eigenvalue weighted by Crippen LogP contribution is 2.28. The number of carboxylic acid groups (broad SMARTS) is 1. The lowest BCUT2D eigenvalue weighted by atomic mass is 9.90. The summed E-state index contributed by atoms with van der Waals surface area (Å²) in [5.74, 6) is -2.19. The van der Waals surface area contributed by atoms with Gasteiger partial charge in [-0.2, -0.15) is 0 Å². The van der Waals surface area contributed by atoms with Gasteiger partial charge in [-0.3, -0.25) is 9.59 Å². The average molecular weight is 467 g/mol. The van der Waals surface area contributed by atoms with Crippen molar-refractivity contribution in [3.8, 4) is 0 Å². The van der Waals surface area contributed by atoms with Crippen LogP contribution in [-0.2, 0) is 9.59 Å². The van der Waals surface area contributed by atoms with Gasteiger partial charge in [0.25, 0.3) is 0 Å². The Morgan fingerprint density at radius 1 is 1.00 bits per heavy atom. The first-order valence-corrected chi connectivity index (χ1v) is 10.3. The number of nitrogens with one attached hydrogen (secondary N) is 1. The zero-order valence-electron chi connectivity index (χ0n) is 16.5. The van der Waals surface area contributed by atoms with E-state index in [1.54, 1.807) is 66.7 Å². The van der Waals surface area contributed by atoms with Gasteiger partial charge in [0.05, 0.1) is 10.7 Å². The summed E-state index contributed by atoms with van der Waals surface area (Å²) in [4.78, 5) is 28.2. The minimum absolute atomic E-state index is 0.340. The van der Waals surface area contributed by atoms with E-state index in [9.17, 15) is 14.7 Å². The first-order valence-electron chi connectivity index (χ1n) is 9.51. The summed E-state index contributed by atoms with van der Waals surface area (Å²) in [7, 11) is 0. The molecule has 0 saturated carbocycles. The van der Waals surface area contributed by atoms with Crippen LogP contribution in [0, 0.1) is 0 Å². The van der Waals surface area contributed by atoms with E-state index in [1.807, 2.05) is 0 Å². The molecule has 1 amide bonds. The molecule has 160 valence electrons. The Morgan fingerprint density at radius 2 is 1.75 bits per heavy atom. The zero-order valence-corrected chi connectivity index (χ0v) is 18.0. The largest absolute Gasteiger partial charge is 0.481 e. The molecule has 0 spiro atoms. The van der Waals surface area contributed by atoms with Crippen LogP contribution in [0.15, 0.2) is 77.6 Å². The normalized spacial score (nSPS) is 12.2. The number of rotatable bonds is 6. The van der Waals surface area contributed by atoms with E-state index in [1.165, 1.54) is 12.5 Å². The molecule has 2 N–H and O–H groups in total. The molecule has 0 aliphatic carbocycles. The highest BCUT2D eigenvalue weighted by Gasteiger charge is 2.22. The van der Waals surface area contributed by atoms with Gasteiger partial charge in [0, 0.05) is 11.1 Å². The molecular formula is C24H16Cl2N2O4. The standard InChI is InChI=1S/C24H16Cl2N2O4/c25-17-7-8-19(18(26)12-17)28-22(29)10-3-14-1-4-15(5-2-14)23(24(30)31)16-6-9-21-20(11-16)27-13-32-21/h1-13,23H,(H,28,29)(H,30,31). The number of anilines is 1. The third kappa shape index (κ3) is 4.82. The quantitative estimate of drug-likeness (QED) is 0.339. The van der Waals surface area contributed by atoms with Gasteiger partial charge in [0.15, 0.2) is 12.0 Å². The van der Waals surface area contributed by atoms with Gasteiger partial charge in [-0.15, -0.1) is 0 Å². The topological polar surface area (TPSA) is 92.4 Å². The highest BCUT2D eigenvalue weighted by atomic mass is 35.5.